The maximum atomic E-state index is 13.0. The van der Waals surface area contributed by atoms with Gasteiger partial charge >= 0.3 is 0 Å². The second kappa shape index (κ2) is 11.6. The van der Waals surface area contributed by atoms with Gasteiger partial charge in [0.25, 0.3) is 5.91 Å². The zero-order valence-corrected chi connectivity index (χ0v) is 20.4. The molecule has 4 rings (SSSR count). The monoisotopic (exact) mass is 498 g/mol. The molecular formula is C26H27FN2O3S2. The molecule has 0 radical (unpaired) electrons. The van der Waals surface area contributed by atoms with Crippen molar-refractivity contribution in [1.29, 1.82) is 0 Å². The summed E-state index contributed by atoms with van der Waals surface area (Å²) >= 11 is 6.66. The van der Waals surface area contributed by atoms with Crippen molar-refractivity contribution in [2.75, 3.05) is 11.9 Å². The summed E-state index contributed by atoms with van der Waals surface area (Å²) < 4.78 is 19.5. The van der Waals surface area contributed by atoms with E-state index in [1.165, 1.54) is 60.2 Å². The number of halogens is 1. The van der Waals surface area contributed by atoms with Crippen molar-refractivity contribution in [1.82, 2.24) is 4.90 Å². The van der Waals surface area contributed by atoms with Crippen LogP contribution in [0.1, 0.15) is 50.5 Å². The minimum Gasteiger partial charge on any atom is -0.490 e. The number of amides is 2. The van der Waals surface area contributed by atoms with Crippen LogP contribution in [0.15, 0.2) is 53.4 Å². The quantitative estimate of drug-likeness (QED) is 0.349. The average Bonchev–Trinajstić information content (AvgIpc) is 3.10. The van der Waals surface area contributed by atoms with Crippen molar-refractivity contribution in [3.05, 3.63) is 64.8 Å². The molecule has 2 aliphatic rings. The Balaban J connectivity index is 1.27. The van der Waals surface area contributed by atoms with Crippen LogP contribution in [0.5, 0.6) is 5.75 Å². The summed E-state index contributed by atoms with van der Waals surface area (Å²) in [5.74, 6) is 0.166. The third-order valence-corrected chi connectivity index (χ3v) is 7.20. The van der Waals surface area contributed by atoms with Gasteiger partial charge in [-0.3, -0.25) is 14.5 Å². The van der Waals surface area contributed by atoms with E-state index in [0.717, 1.165) is 24.2 Å². The summed E-state index contributed by atoms with van der Waals surface area (Å²) in [4.78, 5) is 27.1. The lowest BCUT2D eigenvalue weighted by Gasteiger charge is -2.22. The smallest absolute Gasteiger partial charge is 0.266 e. The maximum absolute atomic E-state index is 13.0. The fraction of sp³-hybridized carbons (Fsp3) is 0.346. The maximum Gasteiger partial charge on any atom is 0.266 e. The van der Waals surface area contributed by atoms with Crippen LogP contribution in [0.25, 0.3) is 6.08 Å². The SMILES string of the molecule is O=C(CCCN1C(=O)/C(=C/c2ccc(OC3CCCCC3)cc2)SC1=S)Nc1ccc(F)cc1. The second-order valence-corrected chi connectivity index (χ2v) is 10.1. The van der Waals surface area contributed by atoms with E-state index in [4.69, 9.17) is 17.0 Å². The molecule has 2 fully saturated rings. The van der Waals surface area contributed by atoms with Gasteiger partial charge in [0.1, 0.15) is 15.9 Å². The number of carbonyl (C=O) groups excluding carboxylic acids is 2. The van der Waals surface area contributed by atoms with Gasteiger partial charge in [-0.1, -0.05) is 42.5 Å². The molecule has 8 heteroatoms. The molecule has 1 N–H and O–H groups in total. The number of nitrogens with zero attached hydrogens (tertiary/aromatic N) is 1. The number of hydrogen-bond donors (Lipinski definition) is 1. The summed E-state index contributed by atoms with van der Waals surface area (Å²) in [6.45, 7) is 0.368. The van der Waals surface area contributed by atoms with Gasteiger partial charge in [0.2, 0.25) is 5.91 Å². The standard InChI is InChI=1S/C26H27FN2O3S2/c27-19-10-12-20(13-11-19)28-24(30)7-4-16-29-25(31)23(34-26(29)33)17-18-8-14-22(15-9-18)32-21-5-2-1-3-6-21/h8-15,17,21H,1-7,16H2,(H,28,30)/b23-17-. The van der Waals surface area contributed by atoms with Crippen molar-refractivity contribution in [2.45, 2.75) is 51.0 Å². The van der Waals surface area contributed by atoms with Gasteiger partial charge in [-0.25, -0.2) is 4.39 Å². The van der Waals surface area contributed by atoms with E-state index in [0.29, 0.717) is 34.0 Å². The Hall–Kier alpha value is -2.71. The highest BCUT2D eigenvalue weighted by Crippen LogP contribution is 2.33. The highest BCUT2D eigenvalue weighted by molar-refractivity contribution is 8.26. The van der Waals surface area contributed by atoms with Crippen molar-refractivity contribution in [3.8, 4) is 5.75 Å². The van der Waals surface area contributed by atoms with E-state index < -0.39 is 0 Å². The topological polar surface area (TPSA) is 58.6 Å². The molecule has 0 bridgehead atoms. The number of ether oxygens (including phenoxy) is 1. The van der Waals surface area contributed by atoms with Gasteiger partial charge in [0.05, 0.1) is 11.0 Å². The molecule has 0 unspecified atom stereocenters. The van der Waals surface area contributed by atoms with Crippen LogP contribution < -0.4 is 10.1 Å². The molecule has 34 heavy (non-hydrogen) atoms. The van der Waals surface area contributed by atoms with Gasteiger partial charge < -0.3 is 10.1 Å². The molecule has 2 aromatic rings. The fourth-order valence-electron chi connectivity index (χ4n) is 4.02. The molecule has 2 aromatic carbocycles. The van der Waals surface area contributed by atoms with Crippen LogP contribution in [0.2, 0.25) is 0 Å². The predicted molar refractivity (Wildman–Crippen MR) is 138 cm³/mol. The van der Waals surface area contributed by atoms with E-state index in [1.807, 2.05) is 30.3 Å². The first-order valence-corrected chi connectivity index (χ1v) is 12.8. The molecule has 1 aliphatic carbocycles. The normalized spacial score (nSPS) is 17.9. The van der Waals surface area contributed by atoms with Gasteiger partial charge in [-0.2, -0.15) is 0 Å². The van der Waals surface area contributed by atoms with E-state index in [1.54, 1.807) is 0 Å². The van der Waals surface area contributed by atoms with Crippen molar-refractivity contribution in [3.63, 3.8) is 0 Å². The zero-order chi connectivity index (χ0) is 23.9. The van der Waals surface area contributed by atoms with Crippen LogP contribution in [0.4, 0.5) is 10.1 Å². The van der Waals surface area contributed by atoms with Crippen LogP contribution >= 0.6 is 24.0 Å². The summed E-state index contributed by atoms with van der Waals surface area (Å²) in [7, 11) is 0. The second-order valence-electron chi connectivity index (χ2n) is 8.44. The summed E-state index contributed by atoms with van der Waals surface area (Å²) in [6.07, 6.45) is 8.80. The molecule has 5 nitrogen and oxygen atoms in total. The van der Waals surface area contributed by atoms with Crippen molar-refractivity contribution in [2.24, 2.45) is 0 Å². The van der Waals surface area contributed by atoms with Crippen molar-refractivity contribution < 1.29 is 18.7 Å². The Bertz CT molecular complexity index is 1060. The Kier molecular flexibility index (Phi) is 8.34. The lowest BCUT2D eigenvalue weighted by molar-refractivity contribution is -0.122. The first-order chi connectivity index (χ1) is 16.5. The summed E-state index contributed by atoms with van der Waals surface area (Å²) in [5.41, 5.74) is 1.45. The fourth-order valence-corrected chi connectivity index (χ4v) is 5.33. The van der Waals surface area contributed by atoms with E-state index in [-0.39, 0.29) is 24.1 Å². The first kappa shape index (κ1) is 24.4. The largest absolute Gasteiger partial charge is 0.490 e. The third kappa shape index (κ3) is 6.67. The minimum absolute atomic E-state index is 0.142. The molecule has 1 heterocycles. The minimum atomic E-state index is -0.357. The number of thioether (sulfide) groups is 1. The number of carbonyl (C=O) groups is 2. The third-order valence-electron chi connectivity index (χ3n) is 5.82. The van der Waals surface area contributed by atoms with Gasteiger partial charge in [-0.15, -0.1) is 0 Å². The van der Waals surface area contributed by atoms with Gasteiger partial charge in [0.15, 0.2) is 0 Å². The van der Waals surface area contributed by atoms with Gasteiger partial charge in [-0.05, 0) is 80.1 Å². The molecule has 0 spiro atoms. The van der Waals surface area contributed by atoms with Crippen LogP contribution in [0.3, 0.4) is 0 Å². The molecule has 1 saturated heterocycles. The lowest BCUT2D eigenvalue weighted by atomic mass is 9.98. The molecule has 1 aliphatic heterocycles. The molecule has 0 atom stereocenters. The first-order valence-electron chi connectivity index (χ1n) is 11.6. The van der Waals surface area contributed by atoms with E-state index >= 15 is 0 Å². The highest BCUT2D eigenvalue weighted by atomic mass is 32.2. The van der Waals surface area contributed by atoms with Crippen LogP contribution in [-0.4, -0.2) is 33.7 Å². The molecule has 178 valence electrons. The summed E-state index contributed by atoms with van der Waals surface area (Å²) in [6, 6.07) is 13.4. The Labute approximate surface area is 208 Å². The predicted octanol–water partition coefficient (Wildman–Crippen LogP) is 6.16. The zero-order valence-electron chi connectivity index (χ0n) is 18.8. The number of thiocarbonyl (C=S) groups is 1. The van der Waals surface area contributed by atoms with Crippen LogP contribution in [0, 0.1) is 5.82 Å². The molecule has 1 saturated carbocycles. The Morgan fingerprint density at radius 2 is 1.82 bits per heavy atom. The number of hydrogen-bond acceptors (Lipinski definition) is 5. The summed E-state index contributed by atoms with van der Waals surface area (Å²) in [5, 5.41) is 2.72. The number of benzene rings is 2. The highest BCUT2D eigenvalue weighted by Gasteiger charge is 2.31. The average molecular weight is 499 g/mol. The van der Waals surface area contributed by atoms with Gasteiger partial charge in [0, 0.05) is 18.7 Å². The Morgan fingerprint density at radius 1 is 1.12 bits per heavy atom. The molecule has 2 amide bonds. The number of nitrogens with one attached hydrogen (secondary N) is 1. The lowest BCUT2D eigenvalue weighted by Crippen LogP contribution is -2.29. The molecular weight excluding hydrogens is 471 g/mol. The van der Waals surface area contributed by atoms with E-state index in [9.17, 15) is 14.0 Å². The van der Waals surface area contributed by atoms with E-state index in [2.05, 4.69) is 5.32 Å². The Morgan fingerprint density at radius 3 is 2.53 bits per heavy atom. The number of anilines is 1. The number of rotatable bonds is 8. The molecule has 0 aromatic heterocycles. The van der Waals surface area contributed by atoms with Crippen LogP contribution in [-0.2, 0) is 9.59 Å². The van der Waals surface area contributed by atoms with Crippen molar-refractivity contribution >= 4 is 51.9 Å².